The first-order valence-corrected chi connectivity index (χ1v) is 8.26. The molecule has 0 amide bonds. The molecule has 0 unspecified atom stereocenters. The van der Waals surface area contributed by atoms with Crippen LogP contribution in [0.5, 0.6) is 0 Å². The third-order valence-corrected chi connectivity index (χ3v) is 4.61. The molecule has 0 bridgehead atoms. The van der Waals surface area contributed by atoms with E-state index in [-0.39, 0.29) is 0 Å². The third kappa shape index (κ3) is 1.53. The third-order valence-electron chi connectivity index (χ3n) is 2.44. The van der Waals surface area contributed by atoms with Crippen LogP contribution >= 0.6 is 35.3 Å². The Morgan fingerprint density at radius 3 is 2.81 bits per heavy atom. The van der Waals surface area contributed by atoms with E-state index in [9.17, 15) is 0 Å². The molecule has 7 heteroatoms. The fourth-order valence-electron chi connectivity index (χ4n) is 1.74. The molecule has 2 aromatic rings. The van der Waals surface area contributed by atoms with Crippen LogP contribution in [0, 0.1) is 0 Å². The lowest BCUT2D eigenvalue weighted by atomic mass is 10.5. The largest absolute Gasteiger partial charge is 0.315 e. The van der Waals surface area contributed by atoms with Crippen LogP contribution in [-0.4, -0.2) is 37.8 Å². The van der Waals surface area contributed by atoms with Crippen molar-refractivity contribution in [1.82, 2.24) is 19.5 Å². The van der Waals surface area contributed by atoms with Gasteiger partial charge in [0.05, 0.1) is 0 Å². The van der Waals surface area contributed by atoms with E-state index in [0.29, 0.717) is 0 Å². The van der Waals surface area contributed by atoms with Crippen LogP contribution in [0.25, 0.3) is 11.2 Å². The Morgan fingerprint density at radius 1 is 1.19 bits per heavy atom. The van der Waals surface area contributed by atoms with Crippen LogP contribution in [0.1, 0.15) is 0 Å². The molecular weight excluding hydrogens is 260 g/mol. The standard InChI is InChI=1S/C9H10N4S3/c1-14-7-5-6(10-8(12-7)15-2)11-9-13(5)3-4-16-9/h3-4H2,1-2H3. The van der Waals surface area contributed by atoms with Crippen molar-refractivity contribution >= 4 is 46.4 Å². The van der Waals surface area contributed by atoms with Gasteiger partial charge in [0.15, 0.2) is 16.0 Å². The second-order valence-corrected chi connectivity index (χ2v) is 5.92. The van der Waals surface area contributed by atoms with Gasteiger partial charge < -0.3 is 4.57 Å². The molecule has 0 fully saturated rings. The van der Waals surface area contributed by atoms with Crippen LogP contribution in [0.2, 0.25) is 0 Å². The van der Waals surface area contributed by atoms with Gasteiger partial charge >= 0.3 is 0 Å². The summed E-state index contributed by atoms with van der Waals surface area (Å²) < 4.78 is 2.23. The predicted molar refractivity (Wildman–Crippen MR) is 69.6 cm³/mol. The summed E-state index contributed by atoms with van der Waals surface area (Å²) in [6, 6.07) is 0. The maximum Gasteiger partial charge on any atom is 0.190 e. The predicted octanol–water partition coefficient (Wildman–Crippen LogP) is 2.38. The molecular formula is C9H10N4S3. The van der Waals surface area contributed by atoms with Crippen LogP contribution in [-0.2, 0) is 6.54 Å². The number of fused-ring (bicyclic) bond motifs is 3. The maximum absolute atomic E-state index is 4.56. The average molecular weight is 270 g/mol. The number of thioether (sulfide) groups is 3. The van der Waals surface area contributed by atoms with Crippen molar-refractivity contribution in [1.29, 1.82) is 0 Å². The molecule has 84 valence electrons. The molecule has 0 saturated carbocycles. The lowest BCUT2D eigenvalue weighted by molar-refractivity contribution is 0.734. The van der Waals surface area contributed by atoms with Gasteiger partial charge in [0.2, 0.25) is 0 Å². The Labute approximate surface area is 106 Å². The first kappa shape index (κ1) is 10.7. The summed E-state index contributed by atoms with van der Waals surface area (Å²) in [5.74, 6) is 1.11. The molecule has 0 N–H and O–H groups in total. The van der Waals surface area contributed by atoms with Gasteiger partial charge in [0.25, 0.3) is 0 Å². The van der Waals surface area contributed by atoms with Gasteiger partial charge in [-0.05, 0) is 12.5 Å². The molecule has 0 spiro atoms. The van der Waals surface area contributed by atoms with Crippen molar-refractivity contribution in [2.75, 3.05) is 18.3 Å². The normalized spacial score (nSPS) is 14.6. The highest BCUT2D eigenvalue weighted by molar-refractivity contribution is 7.99. The van der Waals surface area contributed by atoms with Gasteiger partial charge in [-0.3, -0.25) is 0 Å². The molecule has 1 aliphatic heterocycles. The van der Waals surface area contributed by atoms with E-state index < -0.39 is 0 Å². The Kier molecular flexibility index (Phi) is 2.76. The van der Waals surface area contributed by atoms with E-state index in [1.165, 1.54) is 0 Å². The minimum atomic E-state index is 0.804. The number of rotatable bonds is 2. The van der Waals surface area contributed by atoms with Gasteiger partial charge in [-0.2, -0.15) is 0 Å². The van der Waals surface area contributed by atoms with E-state index in [0.717, 1.165) is 38.8 Å². The summed E-state index contributed by atoms with van der Waals surface area (Å²) >= 11 is 5.02. The van der Waals surface area contributed by atoms with Crippen molar-refractivity contribution in [3.63, 3.8) is 0 Å². The van der Waals surface area contributed by atoms with Crippen LogP contribution in [0.15, 0.2) is 15.3 Å². The maximum atomic E-state index is 4.56. The monoisotopic (exact) mass is 270 g/mol. The first-order valence-electron chi connectivity index (χ1n) is 4.82. The molecule has 0 atom stereocenters. The summed E-state index contributed by atoms with van der Waals surface area (Å²) in [7, 11) is 0. The molecule has 16 heavy (non-hydrogen) atoms. The zero-order valence-corrected chi connectivity index (χ0v) is 11.4. The van der Waals surface area contributed by atoms with Gasteiger partial charge in [-0.1, -0.05) is 23.5 Å². The Morgan fingerprint density at radius 2 is 2.06 bits per heavy atom. The lowest BCUT2D eigenvalue weighted by Crippen LogP contribution is -1.97. The van der Waals surface area contributed by atoms with Crippen molar-refractivity contribution in [3.8, 4) is 0 Å². The second-order valence-electron chi connectivity index (χ2n) is 3.29. The zero-order chi connectivity index (χ0) is 11.1. The molecule has 3 rings (SSSR count). The summed E-state index contributed by atoms with van der Waals surface area (Å²) in [6.45, 7) is 1.02. The topological polar surface area (TPSA) is 43.6 Å². The van der Waals surface area contributed by atoms with Gasteiger partial charge in [-0.15, -0.1) is 11.8 Å². The molecule has 0 aromatic carbocycles. The minimum absolute atomic E-state index is 0.804. The minimum Gasteiger partial charge on any atom is -0.315 e. The number of nitrogens with zero attached hydrogens (tertiary/aromatic N) is 4. The van der Waals surface area contributed by atoms with Crippen molar-refractivity contribution in [3.05, 3.63) is 0 Å². The molecule has 0 radical (unpaired) electrons. The summed E-state index contributed by atoms with van der Waals surface area (Å²) in [6.07, 6.45) is 4.04. The van der Waals surface area contributed by atoms with Crippen molar-refractivity contribution in [2.24, 2.45) is 0 Å². The molecule has 1 aliphatic rings. The van der Waals surface area contributed by atoms with Crippen molar-refractivity contribution < 1.29 is 0 Å². The number of imidazole rings is 1. The van der Waals surface area contributed by atoms with E-state index in [2.05, 4.69) is 19.5 Å². The highest BCUT2D eigenvalue weighted by atomic mass is 32.2. The van der Waals surface area contributed by atoms with Crippen molar-refractivity contribution in [2.45, 2.75) is 21.9 Å². The van der Waals surface area contributed by atoms with E-state index in [1.807, 2.05) is 12.5 Å². The SMILES string of the molecule is CSc1nc(SC)c2c(n1)nc1n2CCS1. The van der Waals surface area contributed by atoms with Gasteiger partial charge in [-0.25, -0.2) is 15.0 Å². The summed E-state index contributed by atoms with van der Waals surface area (Å²) in [5.41, 5.74) is 1.94. The Hall–Kier alpha value is -0.400. The first-order chi connectivity index (χ1) is 7.83. The highest BCUT2D eigenvalue weighted by Gasteiger charge is 2.21. The summed E-state index contributed by atoms with van der Waals surface area (Å²) in [5, 5.41) is 2.92. The molecule has 0 saturated heterocycles. The number of hydrogen-bond acceptors (Lipinski definition) is 6. The molecule has 3 heterocycles. The second kappa shape index (κ2) is 4.12. The fraction of sp³-hybridized carbons (Fsp3) is 0.444. The molecule has 4 nitrogen and oxygen atoms in total. The zero-order valence-electron chi connectivity index (χ0n) is 8.93. The lowest BCUT2D eigenvalue weighted by Gasteiger charge is -2.03. The van der Waals surface area contributed by atoms with Crippen LogP contribution in [0.3, 0.4) is 0 Å². The van der Waals surface area contributed by atoms with Gasteiger partial charge in [0, 0.05) is 12.3 Å². The Bertz CT molecular complexity index is 551. The van der Waals surface area contributed by atoms with E-state index in [1.54, 1.807) is 35.3 Å². The Balaban J connectivity index is 2.32. The van der Waals surface area contributed by atoms with E-state index in [4.69, 9.17) is 0 Å². The van der Waals surface area contributed by atoms with Crippen LogP contribution in [0.4, 0.5) is 0 Å². The highest BCUT2D eigenvalue weighted by Crippen LogP contribution is 2.33. The van der Waals surface area contributed by atoms with E-state index >= 15 is 0 Å². The number of hydrogen-bond donors (Lipinski definition) is 0. The fourth-order valence-corrected chi connectivity index (χ4v) is 3.68. The molecule has 0 aliphatic carbocycles. The summed E-state index contributed by atoms with van der Waals surface area (Å²) in [4.78, 5) is 13.5. The number of aromatic nitrogens is 4. The quantitative estimate of drug-likeness (QED) is 0.474. The smallest absolute Gasteiger partial charge is 0.190 e. The van der Waals surface area contributed by atoms with Crippen LogP contribution < -0.4 is 0 Å². The average Bonchev–Trinajstić information content (AvgIpc) is 2.86. The number of aryl methyl sites for hydroxylation is 1. The molecule has 2 aromatic heterocycles. The van der Waals surface area contributed by atoms with Gasteiger partial charge in [0.1, 0.15) is 10.5 Å².